The number of nitrogens with one attached hydrogen (secondary N) is 14. The van der Waals surface area contributed by atoms with E-state index in [0.717, 1.165) is 18.7 Å². The van der Waals surface area contributed by atoms with Gasteiger partial charge in [-0.1, -0.05) is 94.8 Å². The van der Waals surface area contributed by atoms with E-state index in [-0.39, 0.29) is 55.9 Å². The summed E-state index contributed by atoms with van der Waals surface area (Å²) in [6, 6.07) is -3.55. The molecule has 43 heteroatoms. The Morgan fingerprint density at radius 2 is 0.935 bits per heavy atom. The van der Waals surface area contributed by atoms with E-state index in [1.165, 1.54) is 30.5 Å². The number of aromatic amines is 1. The summed E-state index contributed by atoms with van der Waals surface area (Å²) in [4.78, 5) is 251. The Labute approximate surface area is 707 Å². The fourth-order valence-corrected chi connectivity index (χ4v) is 13.2. The number of aliphatic hydroxyl groups excluding tert-OH is 3. The lowest BCUT2D eigenvalue weighted by atomic mass is 9.99. The average molecular weight is 1730 g/mol. The van der Waals surface area contributed by atoms with Gasteiger partial charge in [0.15, 0.2) is 0 Å². The molecule has 0 saturated carbocycles. The number of hydrogen-bond acceptors (Lipinski definition) is 24. The minimum atomic E-state index is -2.07. The van der Waals surface area contributed by atoms with Crippen LogP contribution >= 0.6 is 0 Å². The molecule has 1 aromatic heterocycles. The fourth-order valence-electron chi connectivity index (χ4n) is 13.2. The molecule has 15 atom stereocenters. The van der Waals surface area contributed by atoms with Crippen molar-refractivity contribution in [2.75, 3.05) is 32.8 Å². The molecule has 2 heterocycles. The van der Waals surface area contributed by atoms with Crippen LogP contribution in [0.25, 0.3) is 10.9 Å². The predicted molar refractivity (Wildman–Crippen MR) is 438 cm³/mol. The summed E-state index contributed by atoms with van der Waals surface area (Å²) in [7, 11) is 0. The van der Waals surface area contributed by atoms with Crippen LogP contribution in [0.2, 0.25) is 0 Å². The minimum Gasteiger partial charge on any atom is -0.508 e. The van der Waals surface area contributed by atoms with Crippen LogP contribution in [0, 0.1) is 11.8 Å². The number of H-pyrrole nitrogens is 1. The maximum atomic E-state index is 15.2. The molecule has 0 unspecified atom stereocenters. The van der Waals surface area contributed by atoms with E-state index < -0.39 is 261 Å². The Bertz CT molecular complexity index is 4360. The predicted octanol–water partition coefficient (Wildman–Crippen LogP) is -6.54. The molecule has 1 fully saturated rings. The van der Waals surface area contributed by atoms with Gasteiger partial charge in [-0.3, -0.25) is 81.5 Å². The van der Waals surface area contributed by atoms with Crippen molar-refractivity contribution >= 4 is 117 Å². The zero-order chi connectivity index (χ0) is 91.5. The average Bonchev–Trinajstić information content (AvgIpc) is 1.71. The first-order chi connectivity index (χ1) is 58.1. The number of carbonyl (C=O) groups is 18. The second-order valence-corrected chi connectivity index (χ2v) is 30.8. The number of nitrogens with two attached hydrogens (primary N) is 4. The number of rotatable bonds is 52. The van der Waals surface area contributed by atoms with Gasteiger partial charge in [0.2, 0.25) is 94.5 Å². The lowest BCUT2D eigenvalue weighted by Crippen LogP contribution is -2.62. The number of phenols is 1. The topological polar surface area (TPSA) is 708 Å². The van der Waals surface area contributed by atoms with Gasteiger partial charge in [-0.15, -0.1) is 0 Å². The van der Waals surface area contributed by atoms with E-state index >= 15 is 9.59 Å². The highest BCUT2D eigenvalue weighted by Crippen LogP contribution is 2.23. The van der Waals surface area contributed by atoms with Gasteiger partial charge in [-0.05, 0) is 112 Å². The molecule has 0 spiro atoms. The van der Waals surface area contributed by atoms with E-state index in [4.69, 9.17) is 22.9 Å². The number of carboxylic acid groups (broad SMARTS) is 2. The minimum absolute atomic E-state index is 0.0288. The molecule has 16 amide bonds. The normalized spacial score (nSPS) is 15.9. The summed E-state index contributed by atoms with van der Waals surface area (Å²) in [6.07, 6.45) is -3.30. The number of unbranched alkanes of at least 4 members (excludes halogenated alkanes) is 1. The lowest BCUT2D eigenvalue weighted by molar-refractivity contribution is -0.150. The Kier molecular flexibility index (Phi) is 40.9. The van der Waals surface area contributed by atoms with Crippen LogP contribution in [0.15, 0.2) is 85.1 Å². The monoisotopic (exact) mass is 1730 g/mol. The summed E-state index contributed by atoms with van der Waals surface area (Å²) in [5.41, 5.74) is 24.2. The first kappa shape index (κ1) is 101. The number of phenolic OH excluding ortho intramolecular Hbond substituents is 1. The van der Waals surface area contributed by atoms with Crippen molar-refractivity contribution in [3.05, 3.63) is 102 Å². The van der Waals surface area contributed by atoms with Crippen molar-refractivity contribution in [3.63, 3.8) is 0 Å². The molecule has 1 saturated heterocycles. The molecule has 0 radical (unpaired) electrons. The quantitative estimate of drug-likeness (QED) is 0.0183. The van der Waals surface area contributed by atoms with Crippen molar-refractivity contribution in [1.82, 2.24) is 79.0 Å². The van der Waals surface area contributed by atoms with Gasteiger partial charge in [-0.2, -0.15) is 0 Å². The fraction of sp³-hybridized carbons (Fsp3) is 0.525. The molecule has 674 valence electrons. The molecule has 1 aliphatic heterocycles. The van der Waals surface area contributed by atoms with Gasteiger partial charge in [-0.25, -0.2) is 4.79 Å². The number of aliphatic hydroxyl groups is 3. The summed E-state index contributed by atoms with van der Waals surface area (Å²) in [5, 5.41) is 92.6. The van der Waals surface area contributed by atoms with Gasteiger partial charge in [0.05, 0.1) is 44.7 Å². The molecular formula is C80H115N19O24. The first-order valence-corrected chi connectivity index (χ1v) is 40.1. The molecule has 1 aliphatic rings. The Hall–Kier alpha value is -12.7. The van der Waals surface area contributed by atoms with E-state index in [1.807, 2.05) is 0 Å². The van der Waals surface area contributed by atoms with Crippen LogP contribution in [0.4, 0.5) is 0 Å². The standard InChI is InChI=1S/C80H115N19O24/c1-40(2)29-52(71(113)89-53(30-41(3)4)72(114)97-60(39-101)79(121)99-28-14-20-61(99)80(122)123)90-75(117)57(34-62(83)104)95-76(118)58(35-63(84)105)94-74(116)56(33-46-36-85-50-19-11-10-17-48(46)50)93-73(115)55(32-45-21-23-47(103)24-22-45)91-69(111)51(25-26-65(107)108)88-67(109)42(5)87-70(112)54(31-44-15-8-7-9-16-44)92-77(119)59(38-100)96-78(120)66(43(6)102)98-64(106)37-86-68(110)49(82)18-12-13-27-81/h7-11,15-17,19,21-24,36,40-43,49,51-61,66,85,100-103H,12-14,18,20,25-35,37-39,81-82H2,1-6H3,(H2,83,104)(H2,84,105)(H,86,110)(H,87,112)(H,88,109)(H,89,113)(H,90,117)(H,91,111)(H,92,119)(H,93,115)(H,94,116)(H,95,118)(H,96,120)(H,97,114)(H,98,106)(H,107,108)(H,122,123)/t42-,43+,49-,51-,52-,53-,54-,55-,56-,57-,58-,59-,60-,61-,66-/m0/s1. The maximum absolute atomic E-state index is 15.2. The largest absolute Gasteiger partial charge is 0.508 e. The second kappa shape index (κ2) is 49.9. The summed E-state index contributed by atoms with van der Waals surface area (Å²) >= 11 is 0. The van der Waals surface area contributed by atoms with Crippen LogP contribution in [-0.2, 0) is 106 Å². The van der Waals surface area contributed by atoms with Gasteiger partial charge in [0.25, 0.3) is 0 Å². The lowest BCUT2D eigenvalue weighted by Gasteiger charge is -2.29. The first-order valence-electron chi connectivity index (χ1n) is 40.1. The number of aliphatic carboxylic acids is 2. The molecule has 123 heavy (non-hydrogen) atoms. The number of carboxylic acids is 2. The second-order valence-electron chi connectivity index (χ2n) is 30.8. The Morgan fingerprint density at radius 3 is 1.44 bits per heavy atom. The molecule has 4 aromatic rings. The number of fused-ring (bicyclic) bond motifs is 1. The number of para-hydroxylation sites is 1. The third-order valence-corrected chi connectivity index (χ3v) is 19.7. The van der Waals surface area contributed by atoms with Crippen molar-refractivity contribution in [2.45, 2.75) is 222 Å². The number of hydrogen-bond donors (Lipinski definition) is 24. The highest BCUT2D eigenvalue weighted by Gasteiger charge is 2.42. The summed E-state index contributed by atoms with van der Waals surface area (Å²) in [6.45, 7) is 6.64. The highest BCUT2D eigenvalue weighted by atomic mass is 16.4. The van der Waals surface area contributed by atoms with E-state index in [0.29, 0.717) is 47.8 Å². The third kappa shape index (κ3) is 33.3. The molecule has 43 nitrogen and oxygen atoms in total. The van der Waals surface area contributed by atoms with Gasteiger partial charge in [0.1, 0.15) is 84.3 Å². The van der Waals surface area contributed by atoms with Crippen molar-refractivity contribution < 1.29 is 117 Å². The van der Waals surface area contributed by atoms with Crippen LogP contribution < -0.4 is 92.1 Å². The van der Waals surface area contributed by atoms with Crippen molar-refractivity contribution in [1.29, 1.82) is 0 Å². The van der Waals surface area contributed by atoms with Crippen molar-refractivity contribution in [3.8, 4) is 5.75 Å². The number of aromatic hydroxyl groups is 1. The van der Waals surface area contributed by atoms with E-state index in [1.54, 1.807) is 82.3 Å². The Morgan fingerprint density at radius 1 is 0.488 bits per heavy atom. The SMILES string of the molecule is CC(C)C[C@H](NC(=O)[C@H](CC(N)=O)NC(=O)[C@H](CC(N)=O)NC(=O)[C@H](Cc1c[nH]c2ccccc12)NC(=O)[C@H](Cc1ccc(O)cc1)NC(=O)[C@H](CCC(=O)O)NC(=O)[C@H](C)NC(=O)[C@H](Cc1ccccc1)NC(=O)[C@H](CO)NC(=O)[C@@H](NC(=O)CNC(=O)[C@@H](N)CCCCN)[C@@H](C)O)C(=O)N[C@@H](CC(C)C)C(=O)N[C@@H](CO)C(=O)N1CCC[C@H]1C(=O)O. The highest BCUT2D eigenvalue weighted by molar-refractivity contribution is 6.02. The molecule has 28 N–H and O–H groups in total. The van der Waals surface area contributed by atoms with Crippen molar-refractivity contribution in [2.24, 2.45) is 34.8 Å². The van der Waals surface area contributed by atoms with Crippen LogP contribution in [0.1, 0.15) is 129 Å². The number of carbonyl (C=O) groups excluding carboxylic acids is 16. The number of amides is 16. The Balaban J connectivity index is 1.40. The number of nitrogens with zero attached hydrogens (tertiary/aromatic N) is 1. The van der Waals surface area contributed by atoms with Gasteiger partial charge in [0, 0.05) is 49.3 Å². The number of benzene rings is 3. The maximum Gasteiger partial charge on any atom is 0.326 e. The third-order valence-electron chi connectivity index (χ3n) is 19.7. The molecular weight excluding hydrogens is 1610 g/mol. The van der Waals surface area contributed by atoms with Crippen LogP contribution in [0.3, 0.4) is 0 Å². The van der Waals surface area contributed by atoms with E-state index in [2.05, 4.69) is 74.1 Å². The number of likely N-dealkylation sites (tertiary alicyclic amines) is 1. The zero-order valence-corrected chi connectivity index (χ0v) is 69.1. The molecule has 0 aliphatic carbocycles. The molecule has 5 rings (SSSR count). The van der Waals surface area contributed by atoms with Gasteiger partial charge >= 0.3 is 11.9 Å². The van der Waals surface area contributed by atoms with Crippen LogP contribution in [0.5, 0.6) is 5.75 Å². The van der Waals surface area contributed by atoms with E-state index in [9.17, 15) is 107 Å². The number of primary amides is 2. The molecule has 0 bridgehead atoms. The zero-order valence-electron chi connectivity index (χ0n) is 69.1. The number of aromatic nitrogens is 1. The smallest absolute Gasteiger partial charge is 0.326 e. The van der Waals surface area contributed by atoms with Gasteiger partial charge < -0.3 is 133 Å². The summed E-state index contributed by atoms with van der Waals surface area (Å²) < 4.78 is 0. The molecule has 3 aromatic carbocycles. The summed E-state index contributed by atoms with van der Waals surface area (Å²) in [5.74, 6) is -21.5. The van der Waals surface area contributed by atoms with Crippen LogP contribution in [-0.4, -0.2) is 271 Å².